The molecule has 0 radical (unpaired) electrons. The molecule has 3 heterocycles. The summed E-state index contributed by atoms with van der Waals surface area (Å²) in [5, 5.41) is 12.9. The summed E-state index contributed by atoms with van der Waals surface area (Å²) in [5.74, 6) is 0. The van der Waals surface area contributed by atoms with Gasteiger partial charge in [-0.3, -0.25) is 0 Å². The van der Waals surface area contributed by atoms with Crippen molar-refractivity contribution >= 4 is 94.2 Å². The normalized spacial score (nSPS) is 12.0. The second kappa shape index (κ2) is 16.1. The molecule has 0 fully saturated rings. The summed E-state index contributed by atoms with van der Waals surface area (Å²) in [7, 11) is -2.78. The molecule has 328 valence electrons. The van der Waals surface area contributed by atoms with E-state index >= 15 is 0 Å². The van der Waals surface area contributed by atoms with Crippen LogP contribution in [0.5, 0.6) is 0 Å². The molecule has 0 saturated heterocycles. The maximum atomic E-state index is 2.50. The van der Waals surface area contributed by atoms with Crippen molar-refractivity contribution in [2.75, 3.05) is 0 Å². The first kappa shape index (κ1) is 40.1. The fourth-order valence-corrected chi connectivity index (χ4v) is 16.6. The molecule has 4 heteroatoms. The minimum atomic E-state index is -2.78. The maximum absolute atomic E-state index is 2.78. The van der Waals surface area contributed by atoms with Crippen molar-refractivity contribution in [3.63, 3.8) is 0 Å². The third-order valence-electron chi connectivity index (χ3n) is 14.8. The van der Waals surface area contributed by atoms with Crippen LogP contribution in [0.2, 0.25) is 0 Å². The molecule has 0 bridgehead atoms. The number of hydrogen-bond donors (Lipinski definition) is 0. The minimum absolute atomic E-state index is 1.15. The van der Waals surface area contributed by atoms with Crippen LogP contribution in [0.15, 0.2) is 273 Å². The Balaban J connectivity index is 0.962. The predicted molar refractivity (Wildman–Crippen MR) is 299 cm³/mol. The van der Waals surface area contributed by atoms with Crippen molar-refractivity contribution in [1.29, 1.82) is 0 Å². The van der Waals surface area contributed by atoms with Crippen LogP contribution in [-0.4, -0.2) is 21.8 Å². The quantitative estimate of drug-likeness (QED) is 0.107. The molecule has 0 unspecified atom stereocenters. The van der Waals surface area contributed by atoms with Gasteiger partial charge in [0, 0.05) is 43.7 Å². The zero-order valence-corrected chi connectivity index (χ0v) is 39.3. The lowest BCUT2D eigenvalue weighted by atomic mass is 10.0. The summed E-state index contributed by atoms with van der Waals surface area (Å²) in [6.07, 6.45) is 0. The van der Waals surface area contributed by atoms with Crippen molar-refractivity contribution in [3.05, 3.63) is 273 Å². The van der Waals surface area contributed by atoms with Gasteiger partial charge in [0.1, 0.15) is 0 Å². The van der Waals surface area contributed by atoms with E-state index in [1.807, 2.05) is 0 Å². The van der Waals surface area contributed by atoms with E-state index in [4.69, 9.17) is 0 Å². The lowest BCUT2D eigenvalue weighted by Gasteiger charge is -2.34. The molecule has 0 aliphatic heterocycles. The highest BCUT2D eigenvalue weighted by Gasteiger charge is 2.41. The molecular formula is C66H45N3Si. The van der Waals surface area contributed by atoms with Gasteiger partial charge < -0.3 is 13.7 Å². The van der Waals surface area contributed by atoms with E-state index in [1.54, 1.807) is 0 Å². The average molecular weight is 908 g/mol. The summed E-state index contributed by atoms with van der Waals surface area (Å²) in [4.78, 5) is 0. The van der Waals surface area contributed by atoms with E-state index in [-0.39, 0.29) is 0 Å². The number of hydrogen-bond acceptors (Lipinski definition) is 0. The molecule has 3 aromatic heterocycles. The molecule has 0 aliphatic rings. The monoisotopic (exact) mass is 907 g/mol. The molecule has 0 atom stereocenters. The van der Waals surface area contributed by atoms with E-state index < -0.39 is 8.07 Å². The number of nitrogens with zero attached hydrogens (tertiary/aromatic N) is 3. The Morgan fingerprint density at radius 1 is 0.229 bits per heavy atom. The third kappa shape index (κ3) is 6.00. The molecular weight excluding hydrogens is 863 g/mol. The number of benzene rings is 11. The minimum Gasteiger partial charge on any atom is -0.309 e. The summed E-state index contributed by atoms with van der Waals surface area (Å²) in [5.41, 5.74) is 13.0. The SMILES string of the molecule is c1ccc(-n2c3ccccc3c3cc(-c4ccc5c(c4)c4ccccc4n5-c4cccc5c4c4ccccc4n5-c4cccc([Si](c5ccccc5)(c5ccccc5)c5ccccc5)c4)ccc32)cc1. The Bertz CT molecular complexity index is 4180. The van der Waals surface area contributed by atoms with Gasteiger partial charge in [0.2, 0.25) is 0 Å². The lowest BCUT2D eigenvalue weighted by Crippen LogP contribution is -2.74. The van der Waals surface area contributed by atoms with Crippen molar-refractivity contribution in [2.45, 2.75) is 0 Å². The Labute approximate surface area is 407 Å². The maximum Gasteiger partial charge on any atom is 0.179 e. The zero-order chi connectivity index (χ0) is 46.2. The smallest absolute Gasteiger partial charge is 0.179 e. The summed E-state index contributed by atoms with van der Waals surface area (Å²) < 4.78 is 7.38. The van der Waals surface area contributed by atoms with Crippen LogP contribution in [0.25, 0.3) is 93.6 Å². The first-order valence-corrected chi connectivity index (χ1v) is 26.2. The van der Waals surface area contributed by atoms with Gasteiger partial charge in [0.25, 0.3) is 0 Å². The standard InChI is InChI=1S/C66H45N3Si/c1-5-21-48(22-6-1)67-59-34-16-13-31-54(59)57-43-46(39-41-62(57)67)47-40-42-63-58(44-47)55-32-14-17-35-60(55)69(63)65-38-20-37-64-66(65)56-33-15-18-36-61(56)68(64)49-23-19-30-53(45-49)70(50-24-7-2-8-25-50,51-26-9-3-10-27-51)52-28-11-4-12-29-52/h1-45H. The van der Waals surface area contributed by atoms with Gasteiger partial charge in [-0.1, -0.05) is 194 Å². The van der Waals surface area contributed by atoms with Crippen molar-refractivity contribution < 1.29 is 0 Å². The van der Waals surface area contributed by atoms with Crippen LogP contribution in [0.4, 0.5) is 0 Å². The van der Waals surface area contributed by atoms with Crippen molar-refractivity contribution in [3.8, 4) is 28.2 Å². The van der Waals surface area contributed by atoms with Crippen LogP contribution in [-0.2, 0) is 0 Å². The number of para-hydroxylation sites is 4. The highest BCUT2D eigenvalue weighted by Crippen LogP contribution is 2.42. The van der Waals surface area contributed by atoms with Gasteiger partial charge in [-0.25, -0.2) is 0 Å². The number of rotatable bonds is 8. The summed E-state index contributed by atoms with van der Waals surface area (Å²) >= 11 is 0. The molecule has 14 rings (SSSR count). The van der Waals surface area contributed by atoms with Gasteiger partial charge in [-0.15, -0.1) is 0 Å². The van der Waals surface area contributed by atoms with E-state index in [0.29, 0.717) is 0 Å². The molecule has 14 aromatic rings. The third-order valence-corrected chi connectivity index (χ3v) is 19.5. The Hall–Kier alpha value is -8.96. The predicted octanol–water partition coefficient (Wildman–Crippen LogP) is 14.0. The van der Waals surface area contributed by atoms with Crippen molar-refractivity contribution in [1.82, 2.24) is 13.7 Å². The summed E-state index contributed by atoms with van der Waals surface area (Å²) in [6, 6.07) is 101. The molecule has 0 aliphatic carbocycles. The highest BCUT2D eigenvalue weighted by atomic mass is 28.3. The fourth-order valence-electron chi connectivity index (χ4n) is 11.8. The largest absolute Gasteiger partial charge is 0.309 e. The van der Waals surface area contributed by atoms with E-state index in [0.717, 1.165) is 5.69 Å². The van der Waals surface area contributed by atoms with Gasteiger partial charge >= 0.3 is 0 Å². The Kier molecular flexibility index (Phi) is 9.23. The van der Waals surface area contributed by atoms with Gasteiger partial charge in [-0.05, 0) is 111 Å². The summed E-state index contributed by atoms with van der Waals surface area (Å²) in [6.45, 7) is 0. The Morgan fingerprint density at radius 3 is 1.19 bits per heavy atom. The molecule has 0 spiro atoms. The van der Waals surface area contributed by atoms with E-state index in [1.165, 1.54) is 109 Å². The molecule has 0 saturated carbocycles. The molecule has 11 aromatic carbocycles. The highest BCUT2D eigenvalue weighted by molar-refractivity contribution is 7.19. The van der Waals surface area contributed by atoms with Crippen LogP contribution in [0.3, 0.4) is 0 Å². The average Bonchev–Trinajstić information content (AvgIpc) is 4.08. The fraction of sp³-hybridized carbons (Fsp3) is 0. The van der Waals surface area contributed by atoms with Crippen LogP contribution >= 0.6 is 0 Å². The molecule has 0 amide bonds. The molecule has 3 nitrogen and oxygen atoms in total. The second-order valence-corrected chi connectivity index (χ2v) is 22.2. The van der Waals surface area contributed by atoms with Gasteiger partial charge in [0.15, 0.2) is 8.07 Å². The Morgan fingerprint density at radius 2 is 0.614 bits per heavy atom. The topological polar surface area (TPSA) is 14.8 Å². The van der Waals surface area contributed by atoms with Crippen LogP contribution < -0.4 is 20.7 Å². The molecule has 0 N–H and O–H groups in total. The van der Waals surface area contributed by atoms with Gasteiger partial charge in [-0.2, -0.15) is 0 Å². The van der Waals surface area contributed by atoms with E-state index in [9.17, 15) is 0 Å². The van der Waals surface area contributed by atoms with Crippen molar-refractivity contribution in [2.24, 2.45) is 0 Å². The molecule has 70 heavy (non-hydrogen) atoms. The van der Waals surface area contributed by atoms with Crippen LogP contribution in [0.1, 0.15) is 0 Å². The van der Waals surface area contributed by atoms with Crippen LogP contribution in [0, 0.1) is 0 Å². The lowest BCUT2D eigenvalue weighted by molar-refractivity contribution is 1.17. The number of fused-ring (bicyclic) bond motifs is 9. The van der Waals surface area contributed by atoms with Gasteiger partial charge in [0.05, 0.1) is 38.8 Å². The number of aromatic nitrogens is 3. The first-order chi connectivity index (χ1) is 34.8. The second-order valence-electron chi connectivity index (χ2n) is 18.4. The zero-order valence-electron chi connectivity index (χ0n) is 38.3. The van der Waals surface area contributed by atoms with E-state index in [2.05, 4.69) is 287 Å². The first-order valence-electron chi connectivity index (χ1n) is 24.2.